The van der Waals surface area contributed by atoms with Gasteiger partial charge in [0.15, 0.2) is 0 Å². The van der Waals surface area contributed by atoms with Crippen molar-refractivity contribution in [3.8, 4) is 27.9 Å². The zero-order valence-electron chi connectivity index (χ0n) is 30.9. The van der Waals surface area contributed by atoms with Crippen molar-refractivity contribution in [3.63, 3.8) is 0 Å². The summed E-state index contributed by atoms with van der Waals surface area (Å²) in [6.45, 7) is 13.2. The molecule has 0 aliphatic rings. The highest BCUT2D eigenvalue weighted by atomic mass is 15.1. The summed E-state index contributed by atoms with van der Waals surface area (Å²) in [5.74, 6) is 0. The maximum Gasteiger partial charge on any atom is 0.0541 e. The lowest BCUT2D eigenvalue weighted by Gasteiger charge is -2.27. The van der Waals surface area contributed by atoms with Gasteiger partial charge in [-0.3, -0.25) is 0 Å². The summed E-state index contributed by atoms with van der Waals surface area (Å²) in [6, 6.07) is 61.6. The number of aromatic nitrogens is 1. The molecule has 0 radical (unpaired) electrons. The normalized spacial score (nSPS) is 11.8. The van der Waals surface area contributed by atoms with Crippen LogP contribution in [0, 0.1) is 0 Å². The van der Waals surface area contributed by atoms with Crippen LogP contribution in [0.4, 0.5) is 17.1 Å². The topological polar surface area (TPSA) is 8.17 Å². The molecule has 0 amide bonds. The largest absolute Gasteiger partial charge is 0.310 e. The minimum atomic E-state index is 0.0503. The van der Waals surface area contributed by atoms with Crippen molar-refractivity contribution in [2.45, 2.75) is 33.1 Å². The molecule has 0 fully saturated rings. The number of anilines is 3. The highest BCUT2D eigenvalue weighted by Crippen LogP contribution is 2.40. The molecule has 2 heteroatoms. The predicted molar refractivity (Wildman–Crippen MR) is 229 cm³/mol. The molecule has 0 saturated carbocycles. The molecule has 258 valence electrons. The van der Waals surface area contributed by atoms with E-state index in [0.29, 0.717) is 0 Å². The van der Waals surface area contributed by atoms with Crippen LogP contribution in [-0.4, -0.2) is 4.57 Å². The molecule has 1 aromatic heterocycles. The van der Waals surface area contributed by atoms with Gasteiger partial charge in [0.2, 0.25) is 0 Å². The minimum Gasteiger partial charge on any atom is -0.310 e. The van der Waals surface area contributed by atoms with Crippen LogP contribution in [-0.2, 0) is 5.41 Å². The summed E-state index contributed by atoms with van der Waals surface area (Å²) in [6.07, 6.45) is 4.10. The van der Waals surface area contributed by atoms with E-state index in [4.69, 9.17) is 0 Å². The fourth-order valence-electron chi connectivity index (χ4n) is 7.37. The Morgan fingerprint density at radius 1 is 0.528 bits per heavy atom. The number of nitrogens with zero attached hydrogens (tertiary/aromatic N) is 2. The first-order chi connectivity index (χ1) is 25.8. The van der Waals surface area contributed by atoms with Crippen LogP contribution in [0.5, 0.6) is 0 Å². The first-order valence-corrected chi connectivity index (χ1v) is 18.4. The first-order valence-electron chi connectivity index (χ1n) is 18.4. The van der Waals surface area contributed by atoms with E-state index in [1.807, 2.05) is 13.0 Å². The van der Waals surface area contributed by atoms with Gasteiger partial charge in [-0.05, 0) is 124 Å². The Hall–Kier alpha value is -6.38. The molecule has 0 spiro atoms. The molecule has 0 unspecified atom stereocenters. The van der Waals surface area contributed by atoms with Crippen LogP contribution in [0.15, 0.2) is 189 Å². The summed E-state index contributed by atoms with van der Waals surface area (Å²) < 4.78 is 2.39. The first kappa shape index (κ1) is 33.7. The van der Waals surface area contributed by atoms with Gasteiger partial charge in [0.05, 0.1) is 11.0 Å². The molecular formula is C51H44N2. The van der Waals surface area contributed by atoms with E-state index >= 15 is 0 Å². The van der Waals surface area contributed by atoms with Gasteiger partial charge in [0.25, 0.3) is 0 Å². The molecular weight excluding hydrogens is 641 g/mol. The Bertz CT molecular complexity index is 2600. The smallest absolute Gasteiger partial charge is 0.0541 e. The van der Waals surface area contributed by atoms with Crippen LogP contribution >= 0.6 is 0 Å². The second kappa shape index (κ2) is 14.0. The molecule has 0 saturated heterocycles. The summed E-state index contributed by atoms with van der Waals surface area (Å²) >= 11 is 0. The van der Waals surface area contributed by atoms with Crippen molar-refractivity contribution >= 4 is 44.4 Å². The van der Waals surface area contributed by atoms with E-state index < -0.39 is 0 Å². The lowest BCUT2D eigenvalue weighted by molar-refractivity contribution is 0.591. The van der Waals surface area contributed by atoms with Crippen LogP contribution in [0.3, 0.4) is 0 Å². The van der Waals surface area contributed by atoms with Gasteiger partial charge in [-0.1, -0.05) is 137 Å². The van der Waals surface area contributed by atoms with Gasteiger partial charge < -0.3 is 9.47 Å². The lowest BCUT2D eigenvalue weighted by atomic mass is 9.86. The van der Waals surface area contributed by atoms with Gasteiger partial charge in [0.1, 0.15) is 0 Å². The van der Waals surface area contributed by atoms with Crippen molar-refractivity contribution in [2.24, 2.45) is 0 Å². The molecule has 53 heavy (non-hydrogen) atoms. The van der Waals surface area contributed by atoms with Gasteiger partial charge in [0, 0.05) is 33.5 Å². The van der Waals surface area contributed by atoms with Gasteiger partial charge in [-0.2, -0.15) is 0 Å². The Kier molecular flexibility index (Phi) is 8.90. The van der Waals surface area contributed by atoms with Crippen molar-refractivity contribution in [1.29, 1.82) is 0 Å². The fraction of sp³-hybridized carbons (Fsp3) is 0.0980. The summed E-state index contributed by atoms with van der Waals surface area (Å²) in [5, 5.41) is 2.53. The Labute approximate surface area is 313 Å². The SMILES string of the molecule is C=C(/C=C\C)c1cccc(N(c2ccc(-c3ccc4c(c3)c3cc(C(C)(C)C)ccc3n4-c3ccccc3)cc2)c2cccc(-c3ccccc3)c2)c1. The van der Waals surface area contributed by atoms with Crippen molar-refractivity contribution in [3.05, 3.63) is 200 Å². The highest BCUT2D eigenvalue weighted by Gasteiger charge is 2.19. The van der Waals surface area contributed by atoms with E-state index in [9.17, 15) is 0 Å². The van der Waals surface area contributed by atoms with E-state index in [0.717, 1.165) is 28.2 Å². The van der Waals surface area contributed by atoms with Crippen molar-refractivity contribution in [1.82, 2.24) is 4.57 Å². The molecule has 0 aliphatic heterocycles. The molecule has 0 atom stereocenters. The standard InChI is InChI=1S/C51H44N2/c1-6-15-36(2)39-18-13-22-45(32-39)52(46-23-14-19-40(33-46)37-16-9-7-10-17-37)44-28-24-38(25-29-44)41-26-30-49-47(34-41)48-35-42(51(3,4)5)27-31-50(48)53(49)43-20-11-8-12-21-43/h6-35H,2H2,1,3-5H3/b15-6-. The van der Waals surface area contributed by atoms with E-state index in [1.165, 1.54) is 55.3 Å². The molecule has 8 aromatic rings. The zero-order chi connectivity index (χ0) is 36.5. The predicted octanol–water partition coefficient (Wildman–Crippen LogP) is 14.5. The third-order valence-electron chi connectivity index (χ3n) is 10.2. The Balaban J connectivity index is 1.24. The lowest BCUT2D eigenvalue weighted by Crippen LogP contribution is -2.10. The maximum absolute atomic E-state index is 4.33. The molecule has 0 aliphatic carbocycles. The van der Waals surface area contributed by atoms with Crippen LogP contribution < -0.4 is 4.90 Å². The van der Waals surface area contributed by atoms with Crippen molar-refractivity contribution < 1.29 is 0 Å². The monoisotopic (exact) mass is 684 g/mol. The molecule has 7 aromatic carbocycles. The average Bonchev–Trinajstić information content (AvgIpc) is 3.52. The summed E-state index contributed by atoms with van der Waals surface area (Å²) in [4.78, 5) is 2.34. The quantitative estimate of drug-likeness (QED) is 0.145. The molecule has 2 nitrogen and oxygen atoms in total. The number of hydrogen-bond acceptors (Lipinski definition) is 1. The Morgan fingerprint density at radius 3 is 1.79 bits per heavy atom. The van der Waals surface area contributed by atoms with E-state index in [-0.39, 0.29) is 5.41 Å². The fourth-order valence-corrected chi connectivity index (χ4v) is 7.37. The Morgan fingerprint density at radius 2 is 1.09 bits per heavy atom. The van der Waals surface area contributed by atoms with E-state index in [1.54, 1.807) is 0 Å². The third-order valence-corrected chi connectivity index (χ3v) is 10.2. The van der Waals surface area contributed by atoms with Crippen LogP contribution in [0.1, 0.15) is 38.8 Å². The second-order valence-corrected chi connectivity index (χ2v) is 14.8. The highest BCUT2D eigenvalue weighted by molar-refractivity contribution is 6.10. The summed E-state index contributed by atoms with van der Waals surface area (Å²) in [5.41, 5.74) is 15.1. The number of benzene rings is 7. The average molecular weight is 685 g/mol. The van der Waals surface area contributed by atoms with Gasteiger partial charge >= 0.3 is 0 Å². The number of para-hydroxylation sites is 1. The third kappa shape index (κ3) is 6.61. The van der Waals surface area contributed by atoms with Gasteiger partial charge in [-0.15, -0.1) is 0 Å². The van der Waals surface area contributed by atoms with E-state index in [2.05, 4.69) is 213 Å². The van der Waals surface area contributed by atoms with Crippen molar-refractivity contribution in [2.75, 3.05) is 4.90 Å². The maximum atomic E-state index is 4.33. The molecule has 8 rings (SSSR count). The second-order valence-electron chi connectivity index (χ2n) is 14.8. The molecule has 1 heterocycles. The molecule has 0 N–H and O–H groups in total. The van der Waals surface area contributed by atoms with Crippen LogP contribution in [0.2, 0.25) is 0 Å². The number of rotatable bonds is 8. The van der Waals surface area contributed by atoms with Gasteiger partial charge in [-0.25, -0.2) is 0 Å². The number of hydrogen-bond donors (Lipinski definition) is 0. The minimum absolute atomic E-state index is 0.0503. The van der Waals surface area contributed by atoms with Crippen LogP contribution in [0.25, 0.3) is 55.3 Å². The molecule has 0 bridgehead atoms. The number of fused-ring (bicyclic) bond motifs is 3. The summed E-state index contributed by atoms with van der Waals surface area (Å²) in [7, 11) is 0. The number of allylic oxidation sites excluding steroid dienone is 3. The zero-order valence-corrected chi connectivity index (χ0v) is 30.9.